The number of rotatable bonds is 6. The molecule has 0 spiro atoms. The Hall–Kier alpha value is 0.350. The quantitative estimate of drug-likeness (QED) is 0.614. The van der Waals surface area contributed by atoms with Gasteiger partial charge in [0.25, 0.3) is 0 Å². The standard InChI is InChI=1S/C12H24S/c1-9(2)5-8-12(11-6-7-11)13-10(3)4/h9-12H,5-8H2,1-4H3. The summed E-state index contributed by atoms with van der Waals surface area (Å²) in [5.41, 5.74) is 0. The van der Waals surface area contributed by atoms with Gasteiger partial charge in [-0.15, -0.1) is 0 Å². The average Bonchev–Trinajstić information content (AvgIpc) is 2.78. The maximum Gasteiger partial charge on any atom is 0.00780 e. The second-order valence-corrected chi connectivity index (χ2v) is 6.85. The van der Waals surface area contributed by atoms with Crippen molar-refractivity contribution in [2.45, 2.75) is 63.9 Å². The molecule has 1 rings (SSSR count). The second kappa shape index (κ2) is 5.29. The van der Waals surface area contributed by atoms with Crippen LogP contribution in [0.1, 0.15) is 53.4 Å². The molecular formula is C12H24S. The summed E-state index contributed by atoms with van der Waals surface area (Å²) >= 11 is 2.21. The molecular weight excluding hydrogens is 176 g/mol. The van der Waals surface area contributed by atoms with Crippen LogP contribution in [-0.2, 0) is 0 Å². The van der Waals surface area contributed by atoms with Gasteiger partial charge in [0.05, 0.1) is 0 Å². The maximum atomic E-state index is 2.34. The van der Waals surface area contributed by atoms with Gasteiger partial charge in [-0.05, 0) is 42.8 Å². The summed E-state index contributed by atoms with van der Waals surface area (Å²) in [6.45, 7) is 9.33. The van der Waals surface area contributed by atoms with Crippen LogP contribution in [0.2, 0.25) is 0 Å². The van der Waals surface area contributed by atoms with Crippen molar-refractivity contribution in [1.82, 2.24) is 0 Å². The lowest BCUT2D eigenvalue weighted by Gasteiger charge is -2.19. The Balaban J connectivity index is 2.21. The summed E-state index contributed by atoms with van der Waals surface area (Å²) in [6, 6.07) is 0. The van der Waals surface area contributed by atoms with Gasteiger partial charge < -0.3 is 0 Å². The molecule has 78 valence electrons. The van der Waals surface area contributed by atoms with Gasteiger partial charge in [0.15, 0.2) is 0 Å². The molecule has 0 nitrogen and oxygen atoms in total. The summed E-state index contributed by atoms with van der Waals surface area (Å²) in [6.07, 6.45) is 5.87. The fourth-order valence-corrected chi connectivity index (χ4v) is 3.20. The van der Waals surface area contributed by atoms with E-state index in [0.29, 0.717) is 0 Å². The van der Waals surface area contributed by atoms with Crippen molar-refractivity contribution in [1.29, 1.82) is 0 Å². The lowest BCUT2D eigenvalue weighted by Crippen LogP contribution is -2.10. The Morgan fingerprint density at radius 3 is 2.08 bits per heavy atom. The van der Waals surface area contributed by atoms with Crippen LogP contribution in [0.4, 0.5) is 0 Å². The molecule has 1 atom stereocenters. The summed E-state index contributed by atoms with van der Waals surface area (Å²) in [5, 5.41) is 1.79. The lowest BCUT2D eigenvalue weighted by molar-refractivity contribution is 0.528. The molecule has 0 aromatic rings. The molecule has 13 heavy (non-hydrogen) atoms. The van der Waals surface area contributed by atoms with E-state index in [0.717, 1.165) is 22.3 Å². The summed E-state index contributed by atoms with van der Waals surface area (Å²) < 4.78 is 0. The van der Waals surface area contributed by atoms with E-state index < -0.39 is 0 Å². The minimum absolute atomic E-state index is 0.817. The van der Waals surface area contributed by atoms with Gasteiger partial charge in [0.2, 0.25) is 0 Å². The molecule has 1 saturated carbocycles. The van der Waals surface area contributed by atoms with Crippen molar-refractivity contribution < 1.29 is 0 Å². The van der Waals surface area contributed by atoms with Crippen LogP contribution in [0.5, 0.6) is 0 Å². The van der Waals surface area contributed by atoms with Crippen molar-refractivity contribution >= 4 is 11.8 Å². The fourth-order valence-electron chi connectivity index (χ4n) is 1.73. The maximum absolute atomic E-state index is 2.34. The van der Waals surface area contributed by atoms with E-state index in [2.05, 4.69) is 39.5 Å². The minimum Gasteiger partial charge on any atom is -0.155 e. The Kier molecular flexibility index (Phi) is 4.64. The van der Waals surface area contributed by atoms with Gasteiger partial charge in [-0.25, -0.2) is 0 Å². The zero-order chi connectivity index (χ0) is 9.84. The first-order valence-electron chi connectivity index (χ1n) is 5.75. The molecule has 0 aromatic heterocycles. The smallest absolute Gasteiger partial charge is 0.00780 e. The third-order valence-corrected chi connectivity index (χ3v) is 4.14. The van der Waals surface area contributed by atoms with Gasteiger partial charge in [-0.1, -0.05) is 27.7 Å². The first-order chi connectivity index (χ1) is 6.09. The molecule has 1 unspecified atom stereocenters. The monoisotopic (exact) mass is 200 g/mol. The number of hydrogen-bond donors (Lipinski definition) is 0. The topological polar surface area (TPSA) is 0 Å². The van der Waals surface area contributed by atoms with Crippen LogP contribution in [0, 0.1) is 11.8 Å². The zero-order valence-electron chi connectivity index (χ0n) is 9.55. The highest BCUT2D eigenvalue weighted by atomic mass is 32.2. The Morgan fingerprint density at radius 1 is 1.08 bits per heavy atom. The summed E-state index contributed by atoms with van der Waals surface area (Å²) in [7, 11) is 0. The second-order valence-electron chi connectivity index (χ2n) is 5.03. The summed E-state index contributed by atoms with van der Waals surface area (Å²) in [5.74, 6) is 1.96. The van der Waals surface area contributed by atoms with Gasteiger partial charge in [-0.3, -0.25) is 0 Å². The molecule has 0 radical (unpaired) electrons. The molecule has 1 fully saturated rings. The zero-order valence-corrected chi connectivity index (χ0v) is 10.4. The highest BCUT2D eigenvalue weighted by Crippen LogP contribution is 2.42. The average molecular weight is 200 g/mol. The van der Waals surface area contributed by atoms with E-state index in [1.165, 1.54) is 25.7 Å². The van der Waals surface area contributed by atoms with Gasteiger partial charge >= 0.3 is 0 Å². The SMILES string of the molecule is CC(C)CCC(SC(C)C)C1CC1. The first kappa shape index (κ1) is 11.4. The van der Waals surface area contributed by atoms with Gasteiger partial charge in [-0.2, -0.15) is 11.8 Å². The molecule has 0 saturated heterocycles. The first-order valence-corrected chi connectivity index (χ1v) is 6.69. The van der Waals surface area contributed by atoms with E-state index in [1.54, 1.807) is 0 Å². The minimum atomic E-state index is 0.817. The van der Waals surface area contributed by atoms with Crippen molar-refractivity contribution in [3.8, 4) is 0 Å². The molecule has 1 heteroatoms. The number of hydrogen-bond acceptors (Lipinski definition) is 1. The fraction of sp³-hybridized carbons (Fsp3) is 1.00. The third kappa shape index (κ3) is 4.95. The van der Waals surface area contributed by atoms with Crippen molar-refractivity contribution in [2.24, 2.45) is 11.8 Å². The van der Waals surface area contributed by atoms with E-state index >= 15 is 0 Å². The Bertz CT molecular complexity index is 136. The molecule has 0 heterocycles. The van der Waals surface area contributed by atoms with E-state index in [9.17, 15) is 0 Å². The van der Waals surface area contributed by atoms with Crippen LogP contribution in [0.3, 0.4) is 0 Å². The van der Waals surface area contributed by atoms with E-state index in [4.69, 9.17) is 0 Å². The highest BCUT2D eigenvalue weighted by molar-refractivity contribution is 8.00. The van der Waals surface area contributed by atoms with Crippen molar-refractivity contribution in [3.63, 3.8) is 0 Å². The normalized spacial score (nSPS) is 19.8. The van der Waals surface area contributed by atoms with Gasteiger partial charge in [0, 0.05) is 5.25 Å². The van der Waals surface area contributed by atoms with E-state index in [-0.39, 0.29) is 0 Å². The Labute approximate surface area is 87.9 Å². The van der Waals surface area contributed by atoms with Crippen LogP contribution in [0.25, 0.3) is 0 Å². The Morgan fingerprint density at radius 2 is 1.69 bits per heavy atom. The highest BCUT2D eigenvalue weighted by Gasteiger charge is 2.31. The predicted molar refractivity (Wildman–Crippen MR) is 63.3 cm³/mol. The molecule has 1 aliphatic carbocycles. The summed E-state index contributed by atoms with van der Waals surface area (Å²) in [4.78, 5) is 0. The molecule has 0 aliphatic heterocycles. The van der Waals surface area contributed by atoms with Crippen LogP contribution in [-0.4, -0.2) is 10.5 Å². The van der Waals surface area contributed by atoms with Crippen LogP contribution in [0.15, 0.2) is 0 Å². The third-order valence-electron chi connectivity index (χ3n) is 2.62. The molecule has 0 bridgehead atoms. The van der Waals surface area contributed by atoms with Gasteiger partial charge in [0.1, 0.15) is 0 Å². The number of thioether (sulfide) groups is 1. The van der Waals surface area contributed by atoms with Crippen molar-refractivity contribution in [3.05, 3.63) is 0 Å². The molecule has 1 aliphatic rings. The molecule has 0 amide bonds. The predicted octanol–water partition coefficient (Wildman–Crippen LogP) is 4.34. The van der Waals surface area contributed by atoms with Crippen LogP contribution >= 0.6 is 11.8 Å². The molecule has 0 N–H and O–H groups in total. The largest absolute Gasteiger partial charge is 0.155 e. The lowest BCUT2D eigenvalue weighted by atomic mass is 10.0. The van der Waals surface area contributed by atoms with Crippen molar-refractivity contribution in [2.75, 3.05) is 0 Å². The van der Waals surface area contributed by atoms with E-state index in [1.807, 2.05) is 0 Å². The molecule has 0 aromatic carbocycles. The van der Waals surface area contributed by atoms with Crippen LogP contribution < -0.4 is 0 Å².